The first-order valence-corrected chi connectivity index (χ1v) is 4.56. The summed E-state index contributed by atoms with van der Waals surface area (Å²) in [6, 6.07) is 3.90. The maximum atomic E-state index is 11.6. The molecule has 2 aliphatic heterocycles. The van der Waals surface area contributed by atoms with Gasteiger partial charge in [0, 0.05) is 11.8 Å². The number of nitriles is 2. The van der Waals surface area contributed by atoms with Crippen LogP contribution in [-0.4, -0.2) is 11.8 Å². The van der Waals surface area contributed by atoms with Crippen molar-refractivity contribution < 1.29 is 9.59 Å². The van der Waals surface area contributed by atoms with Crippen LogP contribution < -0.4 is 5.32 Å². The Kier molecular flexibility index (Phi) is 1.42. The Morgan fingerprint density at radius 1 is 1.13 bits per heavy atom. The lowest BCUT2D eigenvalue weighted by Crippen LogP contribution is -2.77. The highest BCUT2D eigenvalue weighted by molar-refractivity contribution is 6.10. The van der Waals surface area contributed by atoms with Crippen molar-refractivity contribution >= 4 is 11.8 Å². The number of piperidine rings is 2. The summed E-state index contributed by atoms with van der Waals surface area (Å²) < 4.78 is 0. The molecular formula is C10H9N3O2. The second-order valence-corrected chi connectivity index (χ2v) is 4.62. The molecule has 2 amide bonds. The molecule has 0 aromatic rings. The fourth-order valence-electron chi connectivity index (χ4n) is 2.60. The second kappa shape index (κ2) is 2.20. The van der Waals surface area contributed by atoms with Gasteiger partial charge in [0.15, 0.2) is 0 Å². The van der Waals surface area contributed by atoms with Crippen LogP contribution in [0.1, 0.15) is 20.3 Å². The van der Waals surface area contributed by atoms with Gasteiger partial charge in [-0.2, -0.15) is 10.5 Å². The molecule has 0 aromatic carbocycles. The monoisotopic (exact) mass is 203 g/mol. The molecule has 2 bridgehead atoms. The van der Waals surface area contributed by atoms with E-state index in [0.717, 1.165) is 0 Å². The first kappa shape index (κ1) is 9.67. The second-order valence-electron chi connectivity index (χ2n) is 4.62. The van der Waals surface area contributed by atoms with Crippen LogP contribution in [0.25, 0.3) is 0 Å². The Hall–Kier alpha value is -1.88. The average Bonchev–Trinajstić information content (AvgIpc) is 2.17. The highest BCUT2D eigenvalue weighted by Gasteiger charge is 2.80. The number of hydrogen-bond donors (Lipinski definition) is 1. The predicted octanol–water partition coefficient (Wildman–Crippen LogP) is 0.0927. The van der Waals surface area contributed by atoms with Crippen molar-refractivity contribution in [1.29, 1.82) is 10.5 Å². The number of nitrogens with zero attached hydrogens (tertiary/aromatic N) is 2. The third kappa shape index (κ3) is 0.638. The Morgan fingerprint density at radius 3 is 1.80 bits per heavy atom. The molecule has 1 N–H and O–H groups in total. The Labute approximate surface area is 86.7 Å². The zero-order valence-corrected chi connectivity index (χ0v) is 8.42. The molecule has 0 radical (unpaired) electrons. The number of rotatable bonds is 0. The molecule has 2 heterocycles. The first-order valence-electron chi connectivity index (χ1n) is 4.56. The topological polar surface area (TPSA) is 93.8 Å². The molecular weight excluding hydrogens is 194 g/mol. The highest BCUT2D eigenvalue weighted by Crippen LogP contribution is 2.69. The van der Waals surface area contributed by atoms with Crippen LogP contribution in [0.3, 0.4) is 0 Å². The van der Waals surface area contributed by atoms with E-state index in [4.69, 9.17) is 10.5 Å². The lowest BCUT2D eigenvalue weighted by atomic mass is 9.36. The van der Waals surface area contributed by atoms with Crippen LogP contribution in [0.4, 0.5) is 0 Å². The van der Waals surface area contributed by atoms with E-state index in [1.54, 1.807) is 13.8 Å². The molecule has 5 nitrogen and oxygen atoms in total. The minimum Gasteiger partial charge on any atom is -0.294 e. The summed E-state index contributed by atoms with van der Waals surface area (Å²) in [7, 11) is 0. The van der Waals surface area contributed by atoms with Crippen LogP contribution in [0.15, 0.2) is 0 Å². The fraction of sp³-hybridized carbons (Fsp3) is 0.600. The number of carbonyl (C=O) groups excluding carboxylic acids is 2. The Balaban J connectivity index is 2.64. The fourth-order valence-corrected chi connectivity index (χ4v) is 2.60. The minimum absolute atomic E-state index is 0.0185. The molecule has 3 fully saturated rings. The summed E-state index contributed by atoms with van der Waals surface area (Å²) >= 11 is 0. The quantitative estimate of drug-likeness (QED) is 0.564. The zero-order valence-electron chi connectivity index (χ0n) is 8.42. The van der Waals surface area contributed by atoms with Crippen LogP contribution in [-0.2, 0) is 9.59 Å². The molecule has 76 valence electrons. The molecule has 2 atom stereocenters. The summed E-state index contributed by atoms with van der Waals surface area (Å²) in [6.07, 6.45) is 0.0185. The van der Waals surface area contributed by atoms with Crippen molar-refractivity contribution in [3.05, 3.63) is 0 Å². The van der Waals surface area contributed by atoms with E-state index in [1.807, 2.05) is 12.1 Å². The van der Waals surface area contributed by atoms with Gasteiger partial charge in [-0.1, -0.05) is 13.8 Å². The first-order chi connectivity index (χ1) is 6.88. The summed E-state index contributed by atoms with van der Waals surface area (Å²) in [6.45, 7) is 3.25. The molecule has 3 rings (SSSR count). The molecule has 5 heteroatoms. The van der Waals surface area contributed by atoms with Crippen LogP contribution >= 0.6 is 0 Å². The smallest absolute Gasteiger partial charge is 0.247 e. The standard InChI is InChI=1S/C10H9N3O2/c1-8(2)9(4-11)3-10(8,5-12)7(15)13-6(9)14/h3H2,1-2H3,(H,13,14,15)/t9-,10-/m1/s1. The molecule has 15 heavy (non-hydrogen) atoms. The molecule has 1 aliphatic carbocycles. The van der Waals surface area contributed by atoms with Gasteiger partial charge in [0.2, 0.25) is 11.8 Å². The third-order valence-corrected chi connectivity index (χ3v) is 4.05. The van der Waals surface area contributed by atoms with Gasteiger partial charge < -0.3 is 0 Å². The lowest BCUT2D eigenvalue weighted by molar-refractivity contribution is -0.191. The van der Waals surface area contributed by atoms with Gasteiger partial charge in [0.25, 0.3) is 0 Å². The number of hydrogen-bond acceptors (Lipinski definition) is 4. The SMILES string of the molecule is CC1(C)[C@@]2(C#N)C[C@@]1(C#N)C(=O)NC2=O. The van der Waals surface area contributed by atoms with E-state index in [9.17, 15) is 9.59 Å². The van der Waals surface area contributed by atoms with Gasteiger partial charge in [-0.05, 0) is 0 Å². The van der Waals surface area contributed by atoms with Crippen molar-refractivity contribution in [2.45, 2.75) is 20.3 Å². The van der Waals surface area contributed by atoms with Crippen LogP contribution in [0.5, 0.6) is 0 Å². The van der Waals surface area contributed by atoms with E-state index < -0.39 is 28.1 Å². The highest BCUT2D eigenvalue weighted by atomic mass is 16.2. The molecule has 1 saturated carbocycles. The van der Waals surface area contributed by atoms with E-state index in [-0.39, 0.29) is 6.42 Å². The van der Waals surface area contributed by atoms with Crippen molar-refractivity contribution in [3.63, 3.8) is 0 Å². The Bertz CT molecular complexity index is 428. The predicted molar refractivity (Wildman–Crippen MR) is 47.6 cm³/mol. The van der Waals surface area contributed by atoms with E-state index in [2.05, 4.69) is 5.32 Å². The van der Waals surface area contributed by atoms with Gasteiger partial charge in [-0.3, -0.25) is 14.9 Å². The summed E-state index contributed by atoms with van der Waals surface area (Å²) in [5, 5.41) is 20.2. The molecule has 0 spiro atoms. The van der Waals surface area contributed by atoms with Gasteiger partial charge in [0.05, 0.1) is 12.1 Å². The number of amides is 2. The average molecular weight is 203 g/mol. The number of imide groups is 1. The lowest BCUT2D eigenvalue weighted by Gasteiger charge is -2.63. The maximum Gasteiger partial charge on any atom is 0.247 e. The summed E-state index contributed by atoms with van der Waals surface area (Å²) in [5.74, 6) is -1.14. The molecule has 0 unspecified atom stereocenters. The van der Waals surface area contributed by atoms with Crippen molar-refractivity contribution in [2.24, 2.45) is 16.2 Å². The Morgan fingerprint density at radius 2 is 1.53 bits per heavy atom. The molecule has 3 aliphatic rings. The van der Waals surface area contributed by atoms with Crippen LogP contribution in [0, 0.1) is 38.9 Å². The van der Waals surface area contributed by atoms with Gasteiger partial charge in [-0.25, -0.2) is 0 Å². The van der Waals surface area contributed by atoms with Gasteiger partial charge in [0.1, 0.15) is 10.8 Å². The van der Waals surface area contributed by atoms with Crippen molar-refractivity contribution in [2.75, 3.05) is 0 Å². The third-order valence-electron chi connectivity index (χ3n) is 4.05. The summed E-state index contributed by atoms with van der Waals surface area (Å²) in [5.41, 5.74) is -3.36. The largest absolute Gasteiger partial charge is 0.294 e. The maximum absolute atomic E-state index is 11.6. The molecule has 2 saturated heterocycles. The van der Waals surface area contributed by atoms with Gasteiger partial charge in [-0.15, -0.1) is 0 Å². The van der Waals surface area contributed by atoms with Crippen LogP contribution in [0.2, 0.25) is 0 Å². The van der Waals surface area contributed by atoms with E-state index in [0.29, 0.717) is 0 Å². The molecule has 0 aromatic heterocycles. The number of fused-ring (bicyclic) bond motifs is 2. The van der Waals surface area contributed by atoms with Crippen molar-refractivity contribution in [1.82, 2.24) is 5.32 Å². The number of carbonyl (C=O) groups is 2. The zero-order chi connectivity index (χ0) is 11.5. The van der Waals surface area contributed by atoms with Gasteiger partial charge >= 0.3 is 0 Å². The van der Waals surface area contributed by atoms with Crippen molar-refractivity contribution in [3.8, 4) is 12.1 Å². The normalized spacial score (nSPS) is 40.8. The van der Waals surface area contributed by atoms with E-state index in [1.165, 1.54) is 0 Å². The number of nitrogens with one attached hydrogen (secondary N) is 1. The minimum atomic E-state index is -1.23. The summed E-state index contributed by atoms with van der Waals surface area (Å²) in [4.78, 5) is 23.2. The van der Waals surface area contributed by atoms with E-state index >= 15 is 0 Å².